The molecular formula is C29H34NO7P. The lowest BCUT2D eigenvalue weighted by molar-refractivity contribution is 0.212. The molecule has 1 unspecified atom stereocenters. The predicted molar refractivity (Wildman–Crippen MR) is 150 cm³/mol. The Hall–Kier alpha value is -3.45. The number of aryl methyl sites for hydroxylation is 1. The molecule has 8 nitrogen and oxygen atoms in total. The molecule has 0 saturated carbocycles. The first-order valence-corrected chi connectivity index (χ1v) is 14.0. The van der Waals surface area contributed by atoms with Crippen molar-refractivity contribution >= 4 is 24.3 Å². The minimum atomic E-state index is -3.78. The van der Waals surface area contributed by atoms with Crippen LogP contribution >= 0.6 is 7.60 Å². The molecule has 1 heterocycles. The summed E-state index contributed by atoms with van der Waals surface area (Å²) in [7, 11) is 0.988. The van der Waals surface area contributed by atoms with E-state index in [1.165, 1.54) is 0 Å². The Bertz CT molecular complexity index is 1420. The Labute approximate surface area is 223 Å². The van der Waals surface area contributed by atoms with Crippen molar-refractivity contribution in [1.82, 2.24) is 0 Å². The van der Waals surface area contributed by atoms with Gasteiger partial charge in [0, 0.05) is 22.7 Å². The summed E-state index contributed by atoms with van der Waals surface area (Å²) in [5.41, 5.74) is 3.91. The van der Waals surface area contributed by atoms with Crippen LogP contribution in [0.15, 0.2) is 65.1 Å². The highest BCUT2D eigenvalue weighted by molar-refractivity contribution is 7.54. The van der Waals surface area contributed by atoms with E-state index in [9.17, 15) is 4.57 Å². The summed E-state index contributed by atoms with van der Waals surface area (Å²) < 4.78 is 49.0. The Kier molecular flexibility index (Phi) is 8.67. The van der Waals surface area contributed by atoms with Crippen LogP contribution in [-0.4, -0.2) is 34.5 Å². The van der Waals surface area contributed by atoms with Crippen molar-refractivity contribution in [3.8, 4) is 28.4 Å². The van der Waals surface area contributed by atoms with E-state index in [1.54, 1.807) is 41.2 Å². The second-order valence-corrected chi connectivity index (χ2v) is 10.7. The van der Waals surface area contributed by atoms with E-state index >= 15 is 0 Å². The molecule has 0 saturated heterocycles. The van der Waals surface area contributed by atoms with Gasteiger partial charge in [0.2, 0.25) is 0 Å². The lowest BCUT2D eigenvalue weighted by Crippen LogP contribution is -2.15. The van der Waals surface area contributed by atoms with Crippen LogP contribution in [0, 0.1) is 6.92 Å². The van der Waals surface area contributed by atoms with E-state index in [-0.39, 0.29) is 13.2 Å². The van der Waals surface area contributed by atoms with Gasteiger partial charge in [-0.05, 0) is 62.2 Å². The number of methoxy groups -OCH3 is 3. The van der Waals surface area contributed by atoms with E-state index in [0.29, 0.717) is 28.6 Å². The third-order valence-electron chi connectivity index (χ3n) is 6.10. The molecule has 0 aliphatic carbocycles. The number of hydrogen-bond acceptors (Lipinski definition) is 8. The number of benzene rings is 3. The molecular weight excluding hydrogens is 505 g/mol. The number of rotatable bonds is 12. The van der Waals surface area contributed by atoms with Crippen molar-refractivity contribution in [1.29, 1.82) is 0 Å². The molecule has 3 aromatic carbocycles. The zero-order chi connectivity index (χ0) is 27.3. The van der Waals surface area contributed by atoms with Gasteiger partial charge in [0.05, 0.1) is 34.5 Å². The largest absolute Gasteiger partial charge is 0.497 e. The van der Waals surface area contributed by atoms with Crippen molar-refractivity contribution < 1.29 is 32.2 Å². The van der Waals surface area contributed by atoms with Gasteiger partial charge < -0.3 is 33.0 Å². The summed E-state index contributed by atoms with van der Waals surface area (Å²) in [4.78, 5) is 0. The van der Waals surface area contributed by atoms with Crippen molar-refractivity contribution in [2.45, 2.75) is 26.6 Å². The van der Waals surface area contributed by atoms with Crippen LogP contribution in [0.25, 0.3) is 22.1 Å². The SMILES string of the molecule is CCOP(=O)(OCC)C(Nc1cccc(C)c1)c1oc2cc(OC)c(OC)cc2c1-c1ccc(OC)cc1. The van der Waals surface area contributed by atoms with Gasteiger partial charge in [0.15, 0.2) is 17.3 Å². The molecule has 0 bridgehead atoms. The summed E-state index contributed by atoms with van der Waals surface area (Å²) in [5, 5.41) is 4.17. The summed E-state index contributed by atoms with van der Waals surface area (Å²) in [6.45, 7) is 5.96. The van der Waals surface area contributed by atoms with Gasteiger partial charge in [-0.1, -0.05) is 24.3 Å². The zero-order valence-corrected chi connectivity index (χ0v) is 23.5. The first-order valence-electron chi connectivity index (χ1n) is 12.4. The van der Waals surface area contributed by atoms with Gasteiger partial charge in [-0.2, -0.15) is 0 Å². The number of nitrogens with one attached hydrogen (secondary N) is 1. The molecule has 0 spiro atoms. The highest BCUT2D eigenvalue weighted by Gasteiger charge is 2.42. The molecule has 0 aliphatic heterocycles. The lowest BCUT2D eigenvalue weighted by Gasteiger charge is -2.27. The number of anilines is 1. The van der Waals surface area contributed by atoms with Crippen LogP contribution in [0.1, 0.15) is 31.0 Å². The third kappa shape index (κ3) is 5.53. The average molecular weight is 540 g/mol. The fourth-order valence-electron chi connectivity index (χ4n) is 4.42. The molecule has 1 atom stereocenters. The number of furan rings is 1. The monoisotopic (exact) mass is 539 g/mol. The maximum atomic E-state index is 14.4. The maximum absolute atomic E-state index is 14.4. The highest BCUT2D eigenvalue weighted by atomic mass is 31.2. The molecule has 38 heavy (non-hydrogen) atoms. The highest BCUT2D eigenvalue weighted by Crippen LogP contribution is 2.63. The predicted octanol–water partition coefficient (Wildman–Crippen LogP) is 7.81. The molecule has 0 fully saturated rings. The van der Waals surface area contributed by atoms with Crippen molar-refractivity contribution in [3.63, 3.8) is 0 Å². The minimum Gasteiger partial charge on any atom is -0.497 e. The second-order valence-electron chi connectivity index (χ2n) is 8.56. The van der Waals surface area contributed by atoms with E-state index in [2.05, 4.69) is 5.32 Å². The zero-order valence-electron chi connectivity index (χ0n) is 22.6. The first-order chi connectivity index (χ1) is 18.4. The van der Waals surface area contributed by atoms with E-state index in [0.717, 1.165) is 27.8 Å². The summed E-state index contributed by atoms with van der Waals surface area (Å²) in [5.74, 6) is 1.23. The van der Waals surface area contributed by atoms with E-state index in [4.69, 9.17) is 27.7 Å². The molecule has 202 valence electrons. The summed E-state index contributed by atoms with van der Waals surface area (Å²) in [6, 6.07) is 19.0. The van der Waals surface area contributed by atoms with Crippen LogP contribution in [0.5, 0.6) is 17.2 Å². The second kappa shape index (κ2) is 11.9. The van der Waals surface area contributed by atoms with Crippen LogP contribution < -0.4 is 19.5 Å². The van der Waals surface area contributed by atoms with Gasteiger partial charge in [-0.15, -0.1) is 0 Å². The van der Waals surface area contributed by atoms with Gasteiger partial charge in [-0.25, -0.2) is 0 Å². The molecule has 0 aliphatic rings. The molecule has 0 radical (unpaired) electrons. The first kappa shape index (κ1) is 27.6. The Morgan fingerprint density at radius 3 is 2.11 bits per heavy atom. The Balaban J connectivity index is 2.03. The standard InChI is InChI=1S/C29H34NO7P/c1-7-35-38(31,36-8-2)29(30-21-11-9-10-19(3)16-21)28-27(20-12-14-22(32-4)15-13-20)23-17-25(33-5)26(34-6)18-24(23)37-28/h9-18,29-30H,7-8H2,1-6H3. The fraction of sp³-hybridized carbons (Fsp3) is 0.310. The van der Waals surface area contributed by atoms with Crippen LogP contribution in [0.4, 0.5) is 5.69 Å². The van der Waals surface area contributed by atoms with Crippen molar-refractivity contribution in [2.24, 2.45) is 0 Å². The number of ether oxygens (including phenoxy) is 3. The van der Waals surface area contributed by atoms with E-state index < -0.39 is 13.4 Å². The molecule has 0 amide bonds. The van der Waals surface area contributed by atoms with Gasteiger partial charge >= 0.3 is 7.60 Å². The molecule has 1 N–H and O–H groups in total. The van der Waals surface area contributed by atoms with Crippen molar-refractivity contribution in [3.05, 3.63) is 72.0 Å². The molecule has 4 aromatic rings. The maximum Gasteiger partial charge on any atom is 0.360 e. The smallest absolute Gasteiger partial charge is 0.360 e. The minimum absolute atomic E-state index is 0.197. The average Bonchev–Trinajstić information content (AvgIpc) is 3.28. The number of hydrogen-bond donors (Lipinski definition) is 1. The topological polar surface area (TPSA) is 88.4 Å². The van der Waals surface area contributed by atoms with E-state index in [1.807, 2.05) is 61.5 Å². The van der Waals surface area contributed by atoms with Crippen LogP contribution in [0.2, 0.25) is 0 Å². The lowest BCUT2D eigenvalue weighted by atomic mass is 10.0. The number of fused-ring (bicyclic) bond motifs is 1. The molecule has 1 aromatic heterocycles. The van der Waals surface area contributed by atoms with Gasteiger partial charge in [0.25, 0.3) is 0 Å². The van der Waals surface area contributed by atoms with Crippen molar-refractivity contribution in [2.75, 3.05) is 39.9 Å². The van der Waals surface area contributed by atoms with Crippen LogP contribution in [0.3, 0.4) is 0 Å². The third-order valence-corrected chi connectivity index (χ3v) is 8.34. The quantitative estimate of drug-likeness (QED) is 0.182. The van der Waals surface area contributed by atoms with Gasteiger partial charge in [-0.3, -0.25) is 4.57 Å². The fourth-order valence-corrected chi connectivity index (χ4v) is 6.29. The Morgan fingerprint density at radius 1 is 0.868 bits per heavy atom. The normalized spacial score (nSPS) is 12.4. The van der Waals surface area contributed by atoms with Gasteiger partial charge in [0.1, 0.15) is 17.1 Å². The molecule has 4 rings (SSSR count). The summed E-state index contributed by atoms with van der Waals surface area (Å²) in [6.07, 6.45) is 0. The Morgan fingerprint density at radius 2 is 1.53 bits per heavy atom. The summed E-state index contributed by atoms with van der Waals surface area (Å²) >= 11 is 0. The molecule has 9 heteroatoms. The van der Waals surface area contributed by atoms with Crippen LogP contribution in [-0.2, 0) is 13.6 Å².